The van der Waals surface area contributed by atoms with Crippen LogP contribution in [0, 0.1) is 53.9 Å². The number of aryl methyl sites for hydroxylation is 1. The summed E-state index contributed by atoms with van der Waals surface area (Å²) >= 11 is 1.59. The Morgan fingerprint density at radius 3 is 2.11 bits per heavy atom. The third-order valence-electron chi connectivity index (χ3n) is 5.40. The van der Waals surface area contributed by atoms with Gasteiger partial charge in [-0.3, -0.25) is 0 Å². The van der Waals surface area contributed by atoms with E-state index in [-0.39, 0.29) is 0 Å². The average molecular weight is 380 g/mol. The number of nitrogen functional groups attached to an aromatic ring is 1. The highest BCUT2D eigenvalue weighted by Crippen LogP contribution is 2.38. The van der Waals surface area contributed by atoms with Crippen LogP contribution in [-0.2, 0) is 6.54 Å². The van der Waals surface area contributed by atoms with Gasteiger partial charge in [0.2, 0.25) is 0 Å². The zero-order valence-electron chi connectivity index (χ0n) is 16.8. The number of aromatic nitrogens is 4. The van der Waals surface area contributed by atoms with Crippen molar-refractivity contribution in [3.63, 3.8) is 0 Å². The first-order valence-electron chi connectivity index (χ1n) is 8.94. The second kappa shape index (κ2) is 7.24. The van der Waals surface area contributed by atoms with Crippen molar-refractivity contribution in [2.75, 3.05) is 5.73 Å². The lowest BCUT2D eigenvalue weighted by atomic mass is 9.95. The lowest BCUT2D eigenvalue weighted by Crippen LogP contribution is -2.12. The Bertz CT molecular complexity index is 1010. The highest BCUT2D eigenvalue weighted by Gasteiger charge is 2.22. The summed E-state index contributed by atoms with van der Waals surface area (Å²) in [5.74, 6) is 4.61. The molecule has 5 nitrogen and oxygen atoms in total. The standard InChI is InChI=1S/C21H25N5S/c1-8-9-10-26-16(7)23-19(22)17-20(26)25-21(24-17)27-18-14(5)12(3)11(2)13(4)15(18)6/h1H,9-10,22H2,2-7H3. The Kier molecular flexibility index (Phi) is 5.16. The van der Waals surface area contributed by atoms with E-state index in [0.29, 0.717) is 29.6 Å². The van der Waals surface area contributed by atoms with Crippen molar-refractivity contribution >= 4 is 17.6 Å². The molecule has 0 saturated heterocycles. The van der Waals surface area contributed by atoms with E-state index in [2.05, 4.69) is 50.5 Å². The second-order valence-electron chi connectivity index (χ2n) is 6.88. The van der Waals surface area contributed by atoms with E-state index in [1.54, 1.807) is 11.8 Å². The van der Waals surface area contributed by atoms with E-state index >= 15 is 0 Å². The number of rotatable bonds is 4. The Balaban J connectivity index is 2.12. The maximum atomic E-state index is 6.11. The largest absolute Gasteiger partial charge is 0.382 e. The summed E-state index contributed by atoms with van der Waals surface area (Å²) in [5.41, 5.74) is 13.3. The van der Waals surface area contributed by atoms with Crippen molar-refractivity contribution in [3.05, 3.63) is 33.6 Å². The molecular formula is C21H25N5S. The van der Waals surface area contributed by atoms with Crippen LogP contribution in [0.4, 0.5) is 5.82 Å². The number of hydrogen-bond donors (Lipinski definition) is 1. The molecule has 27 heavy (non-hydrogen) atoms. The van der Waals surface area contributed by atoms with Crippen molar-refractivity contribution in [2.45, 2.75) is 64.6 Å². The van der Waals surface area contributed by atoms with Crippen molar-refractivity contribution in [2.24, 2.45) is 0 Å². The fourth-order valence-electron chi connectivity index (χ4n) is 3.31. The number of fused-ring (bicyclic) bond motifs is 1. The van der Waals surface area contributed by atoms with E-state index in [4.69, 9.17) is 17.1 Å². The molecule has 0 spiro atoms. The number of hydrogen-bond acceptors (Lipinski definition) is 5. The van der Waals surface area contributed by atoms with Gasteiger partial charge in [0.1, 0.15) is 5.82 Å². The van der Waals surface area contributed by atoms with Gasteiger partial charge in [-0.05, 0) is 81.1 Å². The van der Waals surface area contributed by atoms with Gasteiger partial charge in [-0.25, -0.2) is 15.0 Å². The van der Waals surface area contributed by atoms with Crippen LogP contribution in [0.5, 0.6) is 0 Å². The Labute approximate surface area is 165 Å². The molecule has 0 aliphatic carbocycles. The third kappa shape index (κ3) is 3.28. The number of benzene rings is 1. The SMILES string of the molecule is C#CCCn1c(C)nc(N)c2nc(Sc3c(C)c(C)c(C)c(C)c3C)nc1-2. The van der Waals surface area contributed by atoms with Crippen molar-refractivity contribution < 1.29 is 0 Å². The number of nitrogens with two attached hydrogens (primary N) is 1. The predicted octanol–water partition coefficient (Wildman–Crippen LogP) is 4.39. The van der Waals surface area contributed by atoms with Gasteiger partial charge in [0, 0.05) is 17.9 Å². The number of anilines is 1. The van der Waals surface area contributed by atoms with Crippen molar-refractivity contribution in [1.29, 1.82) is 0 Å². The fourth-order valence-corrected chi connectivity index (χ4v) is 4.38. The van der Waals surface area contributed by atoms with E-state index < -0.39 is 0 Å². The molecule has 6 heteroatoms. The van der Waals surface area contributed by atoms with Crippen LogP contribution in [0.1, 0.15) is 40.1 Å². The maximum absolute atomic E-state index is 6.11. The van der Waals surface area contributed by atoms with Gasteiger partial charge in [0.15, 0.2) is 22.5 Å². The van der Waals surface area contributed by atoms with Crippen LogP contribution in [0.2, 0.25) is 0 Å². The summed E-state index contributed by atoms with van der Waals surface area (Å²) in [5, 5.41) is 0.687. The molecule has 0 radical (unpaired) electrons. The molecule has 1 aromatic rings. The summed E-state index contributed by atoms with van der Waals surface area (Å²) in [6, 6.07) is 0. The van der Waals surface area contributed by atoms with E-state index in [1.165, 1.54) is 32.7 Å². The van der Waals surface area contributed by atoms with Crippen LogP contribution >= 0.6 is 11.8 Å². The molecule has 0 unspecified atom stereocenters. The van der Waals surface area contributed by atoms with Gasteiger partial charge in [-0.2, -0.15) is 0 Å². The monoisotopic (exact) mass is 379 g/mol. The fraction of sp³-hybridized carbons (Fsp3) is 0.381. The molecule has 2 heterocycles. The molecule has 2 aliphatic heterocycles. The predicted molar refractivity (Wildman–Crippen MR) is 111 cm³/mol. The van der Waals surface area contributed by atoms with Gasteiger partial charge in [0.05, 0.1) is 0 Å². The first kappa shape index (κ1) is 19.2. The van der Waals surface area contributed by atoms with Gasteiger partial charge >= 0.3 is 0 Å². The van der Waals surface area contributed by atoms with Crippen LogP contribution < -0.4 is 5.73 Å². The van der Waals surface area contributed by atoms with Crippen LogP contribution in [0.15, 0.2) is 10.1 Å². The summed E-state index contributed by atoms with van der Waals surface area (Å²) in [7, 11) is 0. The number of nitrogens with zero attached hydrogens (tertiary/aromatic N) is 4. The molecule has 0 aromatic heterocycles. The highest BCUT2D eigenvalue weighted by molar-refractivity contribution is 7.99. The van der Waals surface area contributed by atoms with Crippen molar-refractivity contribution in [1.82, 2.24) is 19.5 Å². The summed E-state index contributed by atoms with van der Waals surface area (Å²) in [6.07, 6.45) is 6.04. The van der Waals surface area contributed by atoms with Crippen LogP contribution in [0.25, 0.3) is 11.5 Å². The quantitative estimate of drug-likeness (QED) is 0.681. The van der Waals surface area contributed by atoms with E-state index in [1.807, 2.05) is 11.5 Å². The molecule has 140 valence electrons. The van der Waals surface area contributed by atoms with Gasteiger partial charge < -0.3 is 10.3 Å². The minimum absolute atomic E-state index is 0.406. The van der Waals surface area contributed by atoms with Gasteiger partial charge in [-0.15, -0.1) is 12.3 Å². The maximum Gasteiger partial charge on any atom is 0.195 e. The molecule has 3 rings (SSSR count). The molecule has 0 fully saturated rings. The zero-order chi connectivity index (χ0) is 19.9. The highest BCUT2D eigenvalue weighted by atomic mass is 32.2. The van der Waals surface area contributed by atoms with Gasteiger partial charge in [-0.1, -0.05) is 0 Å². The van der Waals surface area contributed by atoms with Crippen molar-refractivity contribution in [3.8, 4) is 23.9 Å². The summed E-state index contributed by atoms with van der Waals surface area (Å²) < 4.78 is 1.99. The minimum atomic E-state index is 0.406. The topological polar surface area (TPSA) is 69.6 Å². The second-order valence-corrected chi connectivity index (χ2v) is 7.86. The molecule has 0 saturated carbocycles. The number of terminal acetylenes is 1. The van der Waals surface area contributed by atoms with E-state index in [0.717, 1.165) is 11.6 Å². The molecular weight excluding hydrogens is 354 g/mol. The third-order valence-corrected chi connectivity index (χ3v) is 6.58. The minimum Gasteiger partial charge on any atom is -0.382 e. The molecule has 2 aliphatic rings. The molecule has 0 amide bonds. The lowest BCUT2D eigenvalue weighted by molar-refractivity contribution is 0.666. The Morgan fingerprint density at radius 1 is 0.926 bits per heavy atom. The molecule has 1 aromatic carbocycles. The molecule has 2 N–H and O–H groups in total. The lowest BCUT2D eigenvalue weighted by Gasteiger charge is -2.17. The Morgan fingerprint density at radius 2 is 1.52 bits per heavy atom. The number of imidazole rings is 1. The first-order valence-corrected chi connectivity index (χ1v) is 9.76. The summed E-state index contributed by atoms with van der Waals surface area (Å²) in [4.78, 5) is 15.1. The normalized spacial score (nSPS) is 11.1. The van der Waals surface area contributed by atoms with Crippen LogP contribution in [0.3, 0.4) is 0 Å². The smallest absolute Gasteiger partial charge is 0.195 e. The van der Waals surface area contributed by atoms with E-state index in [9.17, 15) is 0 Å². The molecule has 0 atom stereocenters. The average Bonchev–Trinajstić information content (AvgIpc) is 3.06. The van der Waals surface area contributed by atoms with Crippen LogP contribution in [-0.4, -0.2) is 19.5 Å². The zero-order valence-corrected chi connectivity index (χ0v) is 17.6. The Hall–Kier alpha value is -2.52. The first-order chi connectivity index (χ1) is 12.8. The molecule has 0 bridgehead atoms. The van der Waals surface area contributed by atoms with Gasteiger partial charge in [0.25, 0.3) is 0 Å². The summed E-state index contributed by atoms with van der Waals surface area (Å²) in [6.45, 7) is 13.4.